The molecule has 6 nitrogen and oxygen atoms in total. The summed E-state index contributed by atoms with van der Waals surface area (Å²) in [6.45, 7) is 2.09. The lowest BCUT2D eigenvalue weighted by Gasteiger charge is -2.15. The van der Waals surface area contributed by atoms with Crippen molar-refractivity contribution >= 4 is 17.4 Å². The fraction of sp³-hybridized carbons (Fsp3) is 0.182. The Morgan fingerprint density at radius 3 is 2.25 bits per heavy atom. The molecule has 0 aliphatic carbocycles. The predicted octanol–water partition coefficient (Wildman–Crippen LogP) is 3.87. The zero-order chi connectivity index (χ0) is 19.3. The molecule has 3 aromatic rings. The minimum absolute atomic E-state index is 0.216. The van der Waals surface area contributed by atoms with Crippen LogP contribution in [0.15, 0.2) is 60.7 Å². The van der Waals surface area contributed by atoms with Gasteiger partial charge in [-0.05, 0) is 61.4 Å². The average Bonchev–Trinajstić information content (AvgIpc) is 3.29. The van der Waals surface area contributed by atoms with Gasteiger partial charge in [-0.2, -0.15) is 5.26 Å². The van der Waals surface area contributed by atoms with Gasteiger partial charge >= 0.3 is 0 Å². The van der Waals surface area contributed by atoms with Crippen LogP contribution in [0.5, 0.6) is 0 Å². The molecule has 2 aromatic carbocycles. The van der Waals surface area contributed by atoms with Gasteiger partial charge in [0.2, 0.25) is 0 Å². The molecular weight excluding hydrogens is 350 g/mol. The Labute approximate surface area is 163 Å². The molecule has 28 heavy (non-hydrogen) atoms. The van der Waals surface area contributed by atoms with Crippen LogP contribution in [-0.2, 0) is 0 Å². The Balaban J connectivity index is 1.43. The highest BCUT2D eigenvalue weighted by Crippen LogP contribution is 2.22. The lowest BCUT2D eigenvalue weighted by Crippen LogP contribution is -2.19. The Hall–Kier alpha value is -3.72. The number of carbonyl (C=O) groups is 1. The van der Waals surface area contributed by atoms with Gasteiger partial charge in [0.1, 0.15) is 0 Å². The number of carbonyl (C=O) groups excluding carboxylic acids is 1. The second-order valence-electron chi connectivity index (χ2n) is 6.69. The van der Waals surface area contributed by atoms with E-state index in [9.17, 15) is 4.79 Å². The van der Waals surface area contributed by atoms with Gasteiger partial charge in [0.25, 0.3) is 5.91 Å². The van der Waals surface area contributed by atoms with Gasteiger partial charge in [-0.1, -0.05) is 12.1 Å². The van der Waals surface area contributed by atoms with Gasteiger partial charge in [-0.25, -0.2) is 0 Å². The number of hydrogen-bond donors (Lipinski definition) is 1. The number of benzene rings is 2. The normalized spacial score (nSPS) is 13.2. The number of nitrogens with zero attached hydrogens (tertiary/aromatic N) is 4. The van der Waals surface area contributed by atoms with Crippen LogP contribution in [0.2, 0.25) is 0 Å². The molecule has 1 aliphatic heterocycles. The molecule has 0 unspecified atom stereocenters. The van der Waals surface area contributed by atoms with Crippen molar-refractivity contribution in [3.05, 3.63) is 71.8 Å². The van der Waals surface area contributed by atoms with Crippen LogP contribution < -0.4 is 10.2 Å². The first kappa shape index (κ1) is 17.7. The first-order chi connectivity index (χ1) is 13.7. The lowest BCUT2D eigenvalue weighted by molar-refractivity contribution is 0.102. The molecule has 2 heterocycles. The molecule has 0 radical (unpaired) electrons. The highest BCUT2D eigenvalue weighted by atomic mass is 16.1. The van der Waals surface area contributed by atoms with Crippen LogP contribution in [0.25, 0.3) is 11.3 Å². The Morgan fingerprint density at radius 1 is 0.929 bits per heavy atom. The van der Waals surface area contributed by atoms with E-state index >= 15 is 0 Å². The van der Waals surface area contributed by atoms with Crippen LogP contribution in [0.1, 0.15) is 28.8 Å². The maximum Gasteiger partial charge on any atom is 0.255 e. The fourth-order valence-electron chi connectivity index (χ4n) is 3.22. The number of hydrogen-bond acceptors (Lipinski definition) is 5. The van der Waals surface area contributed by atoms with E-state index in [1.807, 2.05) is 42.5 Å². The Kier molecular flexibility index (Phi) is 4.98. The molecule has 0 saturated carbocycles. The standard InChI is InChI=1S/C22H19N5O/c23-15-16-3-5-18(6-4-16)22(28)24-19-9-7-17(8-10-19)20-11-12-21(26-25-20)27-13-1-2-14-27/h3-12H,1-2,13-14H2,(H,24,28). The third kappa shape index (κ3) is 3.84. The maximum absolute atomic E-state index is 12.3. The summed E-state index contributed by atoms with van der Waals surface area (Å²) in [6.07, 6.45) is 2.41. The van der Waals surface area contributed by atoms with Crippen molar-refractivity contribution in [1.82, 2.24) is 10.2 Å². The quantitative estimate of drug-likeness (QED) is 0.755. The number of rotatable bonds is 4. The van der Waals surface area contributed by atoms with Crippen LogP contribution in [0, 0.1) is 11.3 Å². The summed E-state index contributed by atoms with van der Waals surface area (Å²) in [6, 6.07) is 20.1. The van der Waals surface area contributed by atoms with E-state index in [1.165, 1.54) is 12.8 Å². The molecule has 0 bridgehead atoms. The largest absolute Gasteiger partial charge is 0.355 e. The maximum atomic E-state index is 12.3. The van der Waals surface area contributed by atoms with E-state index in [-0.39, 0.29) is 5.91 Å². The zero-order valence-corrected chi connectivity index (χ0v) is 15.3. The summed E-state index contributed by atoms with van der Waals surface area (Å²) in [7, 11) is 0. The second-order valence-corrected chi connectivity index (χ2v) is 6.69. The van der Waals surface area contributed by atoms with Gasteiger partial charge in [-0.3, -0.25) is 4.79 Å². The first-order valence-electron chi connectivity index (χ1n) is 9.23. The van der Waals surface area contributed by atoms with Gasteiger partial charge in [0, 0.05) is 29.9 Å². The third-order valence-electron chi connectivity index (χ3n) is 4.80. The van der Waals surface area contributed by atoms with E-state index in [0.29, 0.717) is 16.8 Å². The molecule has 1 aromatic heterocycles. The number of anilines is 2. The van der Waals surface area contributed by atoms with Gasteiger partial charge in [0.05, 0.1) is 17.3 Å². The molecule has 0 atom stereocenters. The molecule has 0 spiro atoms. The average molecular weight is 369 g/mol. The molecule has 1 fully saturated rings. The van der Waals surface area contributed by atoms with Gasteiger partial charge < -0.3 is 10.2 Å². The number of aromatic nitrogens is 2. The summed E-state index contributed by atoms with van der Waals surface area (Å²) >= 11 is 0. The molecular formula is C22H19N5O. The van der Waals surface area contributed by atoms with E-state index in [0.717, 1.165) is 30.2 Å². The highest BCUT2D eigenvalue weighted by molar-refractivity contribution is 6.04. The minimum atomic E-state index is -0.216. The third-order valence-corrected chi connectivity index (χ3v) is 4.80. The summed E-state index contributed by atoms with van der Waals surface area (Å²) in [4.78, 5) is 14.6. The summed E-state index contributed by atoms with van der Waals surface area (Å²) in [5, 5.41) is 20.4. The van der Waals surface area contributed by atoms with Gasteiger partial charge in [-0.15, -0.1) is 10.2 Å². The molecule has 4 rings (SSSR count). The van der Waals surface area contributed by atoms with E-state index in [1.54, 1.807) is 24.3 Å². The van der Waals surface area contributed by atoms with Crippen LogP contribution in [0.4, 0.5) is 11.5 Å². The number of nitrogens with one attached hydrogen (secondary N) is 1. The monoisotopic (exact) mass is 369 g/mol. The van der Waals surface area contributed by atoms with Crippen LogP contribution >= 0.6 is 0 Å². The predicted molar refractivity (Wildman–Crippen MR) is 108 cm³/mol. The highest BCUT2D eigenvalue weighted by Gasteiger charge is 2.14. The van der Waals surface area contributed by atoms with Crippen molar-refractivity contribution in [3.8, 4) is 17.3 Å². The molecule has 1 saturated heterocycles. The summed E-state index contributed by atoms with van der Waals surface area (Å²) in [5.41, 5.74) is 3.47. The van der Waals surface area contributed by atoms with Crippen molar-refractivity contribution in [3.63, 3.8) is 0 Å². The molecule has 1 N–H and O–H groups in total. The summed E-state index contributed by atoms with van der Waals surface area (Å²) in [5.74, 6) is 0.708. The van der Waals surface area contributed by atoms with Crippen molar-refractivity contribution < 1.29 is 4.79 Å². The Bertz CT molecular complexity index is 999. The second kappa shape index (κ2) is 7.89. The zero-order valence-electron chi connectivity index (χ0n) is 15.3. The van der Waals surface area contributed by atoms with Gasteiger partial charge in [0.15, 0.2) is 5.82 Å². The van der Waals surface area contributed by atoms with E-state index in [4.69, 9.17) is 5.26 Å². The molecule has 1 amide bonds. The summed E-state index contributed by atoms with van der Waals surface area (Å²) < 4.78 is 0. The smallest absolute Gasteiger partial charge is 0.255 e. The van der Waals surface area contributed by atoms with Crippen molar-refractivity contribution in [2.45, 2.75) is 12.8 Å². The SMILES string of the molecule is N#Cc1ccc(C(=O)Nc2ccc(-c3ccc(N4CCCC4)nn3)cc2)cc1. The number of amides is 1. The first-order valence-corrected chi connectivity index (χ1v) is 9.23. The van der Waals surface area contributed by atoms with Crippen LogP contribution in [-0.4, -0.2) is 29.2 Å². The molecule has 138 valence electrons. The van der Waals surface area contributed by atoms with Crippen molar-refractivity contribution in [1.29, 1.82) is 5.26 Å². The van der Waals surface area contributed by atoms with Crippen molar-refractivity contribution in [2.75, 3.05) is 23.3 Å². The van der Waals surface area contributed by atoms with E-state index < -0.39 is 0 Å². The minimum Gasteiger partial charge on any atom is -0.355 e. The van der Waals surface area contributed by atoms with E-state index in [2.05, 4.69) is 20.4 Å². The number of nitriles is 1. The lowest BCUT2D eigenvalue weighted by atomic mass is 10.1. The molecule has 1 aliphatic rings. The topological polar surface area (TPSA) is 81.9 Å². The van der Waals surface area contributed by atoms with Crippen LogP contribution in [0.3, 0.4) is 0 Å². The van der Waals surface area contributed by atoms with Crippen molar-refractivity contribution in [2.24, 2.45) is 0 Å². The Morgan fingerprint density at radius 2 is 1.64 bits per heavy atom. The fourth-order valence-corrected chi connectivity index (χ4v) is 3.22. The molecule has 6 heteroatoms.